The average Bonchev–Trinajstić information content (AvgIpc) is 3.28. The molecule has 2 aromatic carbocycles. The van der Waals surface area contributed by atoms with E-state index in [0.29, 0.717) is 11.1 Å². The van der Waals surface area contributed by atoms with Crippen molar-refractivity contribution in [1.82, 2.24) is 15.5 Å². The van der Waals surface area contributed by atoms with Crippen molar-refractivity contribution in [2.45, 2.75) is 32.5 Å². The number of aromatic nitrogens is 2. The monoisotopic (exact) mass is 476 g/mol. The lowest BCUT2D eigenvalue weighted by molar-refractivity contribution is -0.157. The SMILES string of the molecule is CC(C)C(Nc1ccc(C(=O)NCCC(=O)O)cc1)c1ccc(-c2nnc(C(F)(F)F)o2)cc1. The first-order valence-corrected chi connectivity index (χ1v) is 10.4. The maximum atomic E-state index is 12.7. The van der Waals surface area contributed by atoms with Crippen LogP contribution in [0, 0.1) is 5.92 Å². The standard InChI is InChI=1S/C23H23F3N4O4/c1-13(2)19(28-17-9-7-15(8-10-17)20(33)27-12-11-18(31)32)14-3-5-16(6-4-14)21-29-30-22(34-21)23(24,25)26/h3-10,13,19,28H,11-12H2,1-2H3,(H,27,33)(H,31,32). The topological polar surface area (TPSA) is 117 Å². The van der Waals surface area contributed by atoms with Crippen molar-refractivity contribution in [3.8, 4) is 11.5 Å². The number of rotatable bonds is 9. The number of anilines is 1. The molecule has 1 unspecified atom stereocenters. The molecule has 1 atom stereocenters. The molecule has 0 saturated carbocycles. The zero-order valence-corrected chi connectivity index (χ0v) is 18.4. The van der Waals surface area contributed by atoms with Crippen molar-refractivity contribution in [2.24, 2.45) is 5.92 Å². The fourth-order valence-corrected chi connectivity index (χ4v) is 3.20. The Morgan fingerprint density at radius 2 is 1.68 bits per heavy atom. The number of carboxylic acid groups (broad SMARTS) is 1. The average molecular weight is 476 g/mol. The second kappa shape index (κ2) is 10.4. The predicted octanol–water partition coefficient (Wildman–Crippen LogP) is 4.77. The van der Waals surface area contributed by atoms with E-state index in [1.165, 1.54) is 0 Å². The number of hydrogen-bond acceptors (Lipinski definition) is 6. The highest BCUT2D eigenvalue weighted by Gasteiger charge is 2.38. The molecule has 1 aromatic heterocycles. The number of alkyl halides is 3. The van der Waals surface area contributed by atoms with E-state index >= 15 is 0 Å². The van der Waals surface area contributed by atoms with E-state index in [-0.39, 0.29) is 36.7 Å². The van der Waals surface area contributed by atoms with Gasteiger partial charge in [0, 0.05) is 23.4 Å². The van der Waals surface area contributed by atoms with Crippen LogP contribution >= 0.6 is 0 Å². The summed E-state index contributed by atoms with van der Waals surface area (Å²) >= 11 is 0. The van der Waals surface area contributed by atoms with E-state index in [1.807, 2.05) is 13.8 Å². The summed E-state index contributed by atoms with van der Waals surface area (Å²) in [7, 11) is 0. The van der Waals surface area contributed by atoms with Gasteiger partial charge in [0.1, 0.15) is 0 Å². The van der Waals surface area contributed by atoms with Crippen molar-refractivity contribution >= 4 is 17.6 Å². The highest BCUT2D eigenvalue weighted by Crippen LogP contribution is 2.32. The van der Waals surface area contributed by atoms with Gasteiger partial charge in [-0.15, -0.1) is 10.2 Å². The lowest BCUT2D eigenvalue weighted by Crippen LogP contribution is -2.26. The first-order chi connectivity index (χ1) is 16.0. The molecule has 0 aliphatic carbocycles. The van der Waals surface area contributed by atoms with Crippen LogP contribution in [0.1, 0.15) is 48.1 Å². The third-order valence-electron chi connectivity index (χ3n) is 4.94. The molecule has 180 valence electrons. The van der Waals surface area contributed by atoms with E-state index in [0.717, 1.165) is 11.3 Å². The van der Waals surface area contributed by atoms with Gasteiger partial charge in [-0.05, 0) is 47.9 Å². The number of carboxylic acids is 1. The largest absolute Gasteiger partial charge is 0.481 e. The smallest absolute Gasteiger partial charge is 0.470 e. The summed E-state index contributed by atoms with van der Waals surface area (Å²) in [5.74, 6) is -2.81. The normalized spacial score (nSPS) is 12.4. The number of aliphatic carboxylic acids is 1. The molecule has 0 radical (unpaired) electrons. The van der Waals surface area contributed by atoms with Gasteiger partial charge in [-0.1, -0.05) is 26.0 Å². The Morgan fingerprint density at radius 3 is 2.21 bits per heavy atom. The Morgan fingerprint density at radius 1 is 1.03 bits per heavy atom. The van der Waals surface area contributed by atoms with Crippen LogP contribution in [0.15, 0.2) is 52.9 Å². The maximum Gasteiger partial charge on any atom is 0.470 e. The molecule has 0 fully saturated rings. The minimum absolute atomic E-state index is 0.0424. The molecule has 0 aliphatic rings. The zero-order chi connectivity index (χ0) is 24.9. The molecule has 0 aliphatic heterocycles. The van der Waals surface area contributed by atoms with Crippen LogP contribution in [0.25, 0.3) is 11.5 Å². The van der Waals surface area contributed by atoms with Crippen LogP contribution in [0.4, 0.5) is 18.9 Å². The Kier molecular flexibility index (Phi) is 7.54. The van der Waals surface area contributed by atoms with Gasteiger partial charge in [0.2, 0.25) is 5.89 Å². The fraction of sp³-hybridized carbons (Fsp3) is 0.304. The molecule has 3 N–H and O–H groups in total. The fourth-order valence-electron chi connectivity index (χ4n) is 3.20. The lowest BCUT2D eigenvalue weighted by atomic mass is 9.94. The third kappa shape index (κ3) is 6.33. The number of carbonyl (C=O) groups is 2. The molecule has 8 nitrogen and oxygen atoms in total. The third-order valence-corrected chi connectivity index (χ3v) is 4.94. The van der Waals surface area contributed by atoms with Gasteiger partial charge < -0.3 is 20.2 Å². The van der Waals surface area contributed by atoms with Gasteiger partial charge in [-0.3, -0.25) is 9.59 Å². The van der Waals surface area contributed by atoms with Gasteiger partial charge in [0.15, 0.2) is 0 Å². The van der Waals surface area contributed by atoms with Crippen LogP contribution in [-0.2, 0) is 11.0 Å². The minimum atomic E-state index is -4.70. The van der Waals surface area contributed by atoms with E-state index in [2.05, 4.69) is 20.8 Å². The van der Waals surface area contributed by atoms with E-state index in [4.69, 9.17) is 9.52 Å². The van der Waals surface area contributed by atoms with E-state index in [1.54, 1.807) is 48.5 Å². The van der Waals surface area contributed by atoms with Gasteiger partial charge in [0.25, 0.3) is 5.91 Å². The highest BCUT2D eigenvalue weighted by molar-refractivity contribution is 5.94. The summed E-state index contributed by atoms with van der Waals surface area (Å²) < 4.78 is 42.8. The number of halogens is 3. The summed E-state index contributed by atoms with van der Waals surface area (Å²) in [5, 5.41) is 21.1. The lowest BCUT2D eigenvalue weighted by Gasteiger charge is -2.24. The predicted molar refractivity (Wildman–Crippen MR) is 117 cm³/mol. The highest BCUT2D eigenvalue weighted by atomic mass is 19.4. The van der Waals surface area contributed by atoms with Crippen molar-refractivity contribution < 1.29 is 32.3 Å². The first kappa shape index (κ1) is 24.7. The summed E-state index contributed by atoms with van der Waals surface area (Å²) in [6.45, 7) is 4.08. The van der Waals surface area contributed by atoms with Crippen LogP contribution in [-0.4, -0.2) is 33.7 Å². The Labute approximate surface area is 193 Å². The number of carbonyl (C=O) groups excluding carboxylic acids is 1. The molecule has 3 rings (SSSR count). The molecule has 1 amide bonds. The Bertz CT molecular complexity index is 1130. The molecule has 0 saturated heterocycles. The van der Waals surface area contributed by atoms with Gasteiger partial charge in [-0.25, -0.2) is 0 Å². The molecule has 34 heavy (non-hydrogen) atoms. The summed E-state index contributed by atoms with van der Waals surface area (Å²) in [5.41, 5.74) is 2.42. The number of benzene rings is 2. The van der Waals surface area contributed by atoms with Crippen molar-refractivity contribution in [3.05, 3.63) is 65.5 Å². The second-order valence-electron chi connectivity index (χ2n) is 7.88. The summed E-state index contributed by atoms with van der Waals surface area (Å²) in [4.78, 5) is 22.6. The first-order valence-electron chi connectivity index (χ1n) is 10.4. The Balaban J connectivity index is 1.69. The molecule has 11 heteroatoms. The second-order valence-corrected chi connectivity index (χ2v) is 7.88. The van der Waals surface area contributed by atoms with E-state index in [9.17, 15) is 22.8 Å². The maximum absolute atomic E-state index is 12.7. The molecular weight excluding hydrogens is 453 g/mol. The van der Waals surface area contributed by atoms with Crippen molar-refractivity contribution in [3.63, 3.8) is 0 Å². The summed E-state index contributed by atoms with van der Waals surface area (Å²) in [6.07, 6.45) is -4.86. The number of nitrogens with one attached hydrogen (secondary N) is 2. The van der Waals surface area contributed by atoms with Gasteiger partial charge in [-0.2, -0.15) is 13.2 Å². The van der Waals surface area contributed by atoms with Crippen LogP contribution in [0.2, 0.25) is 0 Å². The summed E-state index contributed by atoms with van der Waals surface area (Å²) in [6, 6.07) is 13.4. The number of nitrogens with zero attached hydrogens (tertiary/aromatic N) is 2. The van der Waals surface area contributed by atoms with E-state index < -0.39 is 18.0 Å². The molecule has 0 bridgehead atoms. The number of hydrogen-bond donors (Lipinski definition) is 3. The number of amides is 1. The van der Waals surface area contributed by atoms with Crippen LogP contribution in [0.5, 0.6) is 0 Å². The van der Waals surface area contributed by atoms with Crippen molar-refractivity contribution in [2.75, 3.05) is 11.9 Å². The van der Waals surface area contributed by atoms with Crippen LogP contribution in [0.3, 0.4) is 0 Å². The molecular formula is C23H23F3N4O4. The zero-order valence-electron chi connectivity index (χ0n) is 18.4. The molecule has 3 aromatic rings. The molecule has 0 spiro atoms. The quantitative estimate of drug-likeness (QED) is 0.407. The Hall–Kier alpha value is -3.89. The van der Waals surface area contributed by atoms with Gasteiger partial charge in [0.05, 0.1) is 12.5 Å². The van der Waals surface area contributed by atoms with Crippen molar-refractivity contribution in [1.29, 1.82) is 0 Å². The van der Waals surface area contributed by atoms with Crippen LogP contribution < -0.4 is 10.6 Å². The molecule has 1 heterocycles. The van der Waals surface area contributed by atoms with Gasteiger partial charge >= 0.3 is 18.0 Å². The minimum Gasteiger partial charge on any atom is -0.481 e.